The molecule has 0 fully saturated rings. The third kappa shape index (κ3) is 5.36. The zero-order chi connectivity index (χ0) is 22.7. The molecule has 2 aromatic carbocycles. The molecular formula is C30H48Sn. The van der Waals surface area contributed by atoms with Crippen LogP contribution in [0.5, 0.6) is 0 Å². The number of hydrogen-bond donors (Lipinski definition) is 0. The molecule has 1 heteroatoms. The van der Waals surface area contributed by atoms with Crippen LogP contribution in [0.25, 0.3) is 10.8 Å². The number of fused-ring (bicyclic) bond motifs is 2. The standard InChI is InChI=1S/C18H21.3C4H9.Sn/c1-17(2)9-10-18(3,4)16-12-14-8-6-5-7-13(14)11-15(16)17;3*1-3-4-2;/h5,7-8,11-12H,9-10H2,1-4H3;3*1,3-4H2,2H3;. The van der Waals surface area contributed by atoms with Gasteiger partial charge in [-0.1, -0.05) is 0 Å². The molecule has 0 aliphatic heterocycles. The van der Waals surface area contributed by atoms with E-state index in [1.54, 1.807) is 24.4 Å². The molecule has 172 valence electrons. The van der Waals surface area contributed by atoms with Gasteiger partial charge in [-0.2, -0.15) is 0 Å². The summed E-state index contributed by atoms with van der Waals surface area (Å²) in [5, 5.41) is 2.99. The van der Waals surface area contributed by atoms with E-state index in [-0.39, 0.29) is 0 Å². The van der Waals surface area contributed by atoms with Crippen LogP contribution in [0.2, 0.25) is 13.3 Å². The molecule has 0 saturated heterocycles. The molecule has 2 aromatic rings. The second-order valence-corrected chi connectivity index (χ2v) is 25.1. The number of benzene rings is 2. The van der Waals surface area contributed by atoms with E-state index in [0.29, 0.717) is 10.8 Å². The van der Waals surface area contributed by atoms with Crippen LogP contribution in [0.4, 0.5) is 0 Å². The Hall–Kier alpha value is -0.501. The molecule has 0 spiro atoms. The summed E-state index contributed by atoms with van der Waals surface area (Å²) in [4.78, 5) is 0. The molecule has 0 saturated carbocycles. The Morgan fingerprint density at radius 1 is 0.645 bits per heavy atom. The molecule has 0 heterocycles. The second kappa shape index (κ2) is 10.2. The fourth-order valence-electron chi connectivity index (χ4n) is 6.00. The Morgan fingerprint density at radius 2 is 1.10 bits per heavy atom. The van der Waals surface area contributed by atoms with Gasteiger partial charge in [-0.05, 0) is 0 Å². The maximum absolute atomic E-state index is 2.68. The average Bonchev–Trinajstić information content (AvgIpc) is 2.75. The molecule has 0 amide bonds. The summed E-state index contributed by atoms with van der Waals surface area (Å²) < 4.78 is 6.49. The summed E-state index contributed by atoms with van der Waals surface area (Å²) in [6.45, 7) is 17.0. The van der Waals surface area contributed by atoms with Crippen LogP contribution in [0.1, 0.15) is 111 Å². The summed E-state index contributed by atoms with van der Waals surface area (Å²) in [7, 11) is 0. The van der Waals surface area contributed by atoms with Crippen LogP contribution < -0.4 is 3.58 Å². The van der Waals surface area contributed by atoms with Crippen LogP contribution >= 0.6 is 0 Å². The van der Waals surface area contributed by atoms with Gasteiger partial charge in [0, 0.05) is 0 Å². The normalized spacial score (nSPS) is 17.6. The fraction of sp³-hybridized carbons (Fsp3) is 0.667. The topological polar surface area (TPSA) is 0 Å². The molecule has 0 unspecified atom stereocenters. The van der Waals surface area contributed by atoms with Crippen molar-refractivity contribution in [2.24, 2.45) is 0 Å². The maximum atomic E-state index is 2.68. The van der Waals surface area contributed by atoms with Gasteiger partial charge in [0.05, 0.1) is 0 Å². The van der Waals surface area contributed by atoms with Gasteiger partial charge in [0.2, 0.25) is 0 Å². The first kappa shape index (κ1) is 25.1. The molecule has 1 aliphatic carbocycles. The third-order valence-corrected chi connectivity index (χ3v) is 24.1. The summed E-state index contributed by atoms with van der Waals surface area (Å²) in [5.74, 6) is 0. The van der Waals surface area contributed by atoms with Crippen LogP contribution in [0.3, 0.4) is 0 Å². The molecule has 0 bridgehead atoms. The van der Waals surface area contributed by atoms with Gasteiger partial charge in [0.1, 0.15) is 0 Å². The first-order valence-electron chi connectivity index (χ1n) is 13.3. The van der Waals surface area contributed by atoms with Crippen molar-refractivity contribution in [1.29, 1.82) is 0 Å². The van der Waals surface area contributed by atoms with E-state index in [0.717, 1.165) is 0 Å². The number of hydrogen-bond acceptors (Lipinski definition) is 0. The Kier molecular flexibility index (Phi) is 8.26. The van der Waals surface area contributed by atoms with Crippen molar-refractivity contribution in [3.63, 3.8) is 0 Å². The molecular weight excluding hydrogens is 479 g/mol. The van der Waals surface area contributed by atoms with Gasteiger partial charge in [-0.25, -0.2) is 0 Å². The summed E-state index contributed by atoms with van der Waals surface area (Å²) in [5.41, 5.74) is 3.80. The molecule has 0 N–H and O–H groups in total. The first-order chi connectivity index (χ1) is 14.7. The molecule has 1 aliphatic rings. The zero-order valence-corrected chi connectivity index (χ0v) is 24.5. The molecule has 0 nitrogen and oxygen atoms in total. The van der Waals surface area contributed by atoms with Crippen LogP contribution in [0.15, 0.2) is 30.3 Å². The van der Waals surface area contributed by atoms with Crippen LogP contribution in [-0.4, -0.2) is 18.4 Å². The summed E-state index contributed by atoms with van der Waals surface area (Å²) in [6, 6.07) is 12.9. The summed E-state index contributed by atoms with van der Waals surface area (Å²) >= 11 is -2.38. The van der Waals surface area contributed by atoms with Gasteiger partial charge < -0.3 is 0 Å². The van der Waals surface area contributed by atoms with E-state index in [2.05, 4.69) is 78.8 Å². The van der Waals surface area contributed by atoms with Crippen molar-refractivity contribution in [3.8, 4) is 0 Å². The summed E-state index contributed by atoms with van der Waals surface area (Å²) in [6.07, 6.45) is 10.9. The predicted molar refractivity (Wildman–Crippen MR) is 144 cm³/mol. The van der Waals surface area contributed by atoms with Gasteiger partial charge in [0.25, 0.3) is 0 Å². The van der Waals surface area contributed by atoms with Crippen molar-refractivity contribution in [2.45, 2.75) is 124 Å². The molecule has 0 atom stereocenters. The third-order valence-electron chi connectivity index (χ3n) is 8.45. The quantitative estimate of drug-likeness (QED) is 0.270. The van der Waals surface area contributed by atoms with Crippen LogP contribution in [0, 0.1) is 0 Å². The fourth-order valence-corrected chi connectivity index (χ4v) is 22.0. The Bertz CT molecular complexity index is 852. The van der Waals surface area contributed by atoms with Gasteiger partial charge >= 0.3 is 198 Å². The average molecular weight is 527 g/mol. The van der Waals surface area contributed by atoms with E-state index in [4.69, 9.17) is 0 Å². The molecule has 0 aromatic heterocycles. The van der Waals surface area contributed by atoms with Gasteiger partial charge in [-0.3, -0.25) is 0 Å². The van der Waals surface area contributed by atoms with Crippen molar-refractivity contribution < 1.29 is 0 Å². The van der Waals surface area contributed by atoms with Gasteiger partial charge in [0.15, 0.2) is 0 Å². The van der Waals surface area contributed by atoms with Crippen molar-refractivity contribution in [1.82, 2.24) is 0 Å². The van der Waals surface area contributed by atoms with Gasteiger partial charge in [-0.15, -0.1) is 0 Å². The van der Waals surface area contributed by atoms with Crippen molar-refractivity contribution in [2.75, 3.05) is 0 Å². The van der Waals surface area contributed by atoms with E-state index in [1.807, 2.05) is 3.58 Å². The van der Waals surface area contributed by atoms with E-state index in [1.165, 1.54) is 62.1 Å². The molecule has 0 radical (unpaired) electrons. The SMILES string of the molecule is CCC[CH2][Sn]([CH2]CCC)([CH2]CCC)[c]1ccc2cc3c(cc2c1)C(C)(C)CCC3(C)C. The van der Waals surface area contributed by atoms with Crippen molar-refractivity contribution >= 4 is 32.7 Å². The Labute approximate surface area is 197 Å². The van der Waals surface area contributed by atoms with E-state index in [9.17, 15) is 0 Å². The Morgan fingerprint density at radius 3 is 1.55 bits per heavy atom. The molecule has 31 heavy (non-hydrogen) atoms. The minimum atomic E-state index is -2.38. The second-order valence-electron chi connectivity index (χ2n) is 11.8. The van der Waals surface area contributed by atoms with E-state index >= 15 is 0 Å². The number of rotatable bonds is 10. The predicted octanol–water partition coefficient (Wildman–Crippen LogP) is 9.24. The minimum absolute atomic E-state index is 0.294. The monoisotopic (exact) mass is 528 g/mol. The first-order valence-corrected chi connectivity index (χ1v) is 20.8. The zero-order valence-electron chi connectivity index (χ0n) is 21.7. The van der Waals surface area contributed by atoms with Crippen molar-refractivity contribution in [3.05, 3.63) is 41.5 Å². The van der Waals surface area contributed by atoms with E-state index < -0.39 is 18.4 Å². The molecule has 3 rings (SSSR count). The Balaban J connectivity index is 2.13. The number of unbranched alkanes of at least 4 members (excludes halogenated alkanes) is 3. The van der Waals surface area contributed by atoms with Crippen LogP contribution in [-0.2, 0) is 10.8 Å².